The predicted molar refractivity (Wildman–Crippen MR) is 69.1 cm³/mol. The highest BCUT2D eigenvalue weighted by molar-refractivity contribution is 8.56. The Morgan fingerprint density at radius 3 is 2.40 bits per heavy atom. The molecule has 0 N–H and O–H groups in total. The third-order valence-electron chi connectivity index (χ3n) is 2.30. The van der Waals surface area contributed by atoms with E-state index in [9.17, 15) is 4.79 Å². The second-order valence-electron chi connectivity index (χ2n) is 3.20. The number of rotatable bonds is 3. The van der Waals surface area contributed by atoms with Crippen LogP contribution >= 0.6 is 18.1 Å². The van der Waals surface area contributed by atoms with E-state index in [-0.39, 0.29) is 5.97 Å². The minimum Gasteiger partial charge on any atom is -0.465 e. The molecule has 0 radical (unpaired) electrons. The van der Waals surface area contributed by atoms with Crippen molar-refractivity contribution in [3.05, 3.63) is 35.9 Å². The van der Waals surface area contributed by atoms with Gasteiger partial charge in [0, 0.05) is 5.56 Å². The van der Waals surface area contributed by atoms with Crippen LogP contribution in [-0.2, 0) is 26.5 Å². The van der Waals surface area contributed by atoms with Crippen LogP contribution in [0.3, 0.4) is 0 Å². The SMILES string of the molecule is COC(=O)C(C)(c1ccccc1)[P+](=S)S. The summed E-state index contributed by atoms with van der Waals surface area (Å²) in [5.74, 6) is -1.49. The Kier molecular flexibility index (Phi) is 4.26. The van der Waals surface area contributed by atoms with Crippen molar-refractivity contribution in [3.63, 3.8) is 0 Å². The van der Waals surface area contributed by atoms with Crippen LogP contribution in [0, 0.1) is 0 Å². The van der Waals surface area contributed by atoms with Crippen molar-refractivity contribution >= 4 is 35.9 Å². The van der Waals surface area contributed by atoms with Gasteiger partial charge in [0.1, 0.15) is 0 Å². The van der Waals surface area contributed by atoms with Crippen molar-refractivity contribution < 1.29 is 9.53 Å². The lowest BCUT2D eigenvalue weighted by atomic mass is 10.0. The van der Waals surface area contributed by atoms with Crippen LogP contribution in [0.4, 0.5) is 0 Å². The van der Waals surface area contributed by atoms with E-state index in [0.29, 0.717) is 0 Å². The molecule has 0 fully saturated rings. The first kappa shape index (κ1) is 12.6. The molecule has 80 valence electrons. The first-order valence-electron chi connectivity index (χ1n) is 4.33. The molecule has 0 bridgehead atoms. The van der Waals surface area contributed by atoms with Gasteiger partial charge in [-0.1, -0.05) is 30.3 Å². The molecule has 0 saturated heterocycles. The topological polar surface area (TPSA) is 26.3 Å². The number of methoxy groups -OCH3 is 1. The Bertz CT molecular complexity index is 380. The van der Waals surface area contributed by atoms with E-state index in [1.165, 1.54) is 7.11 Å². The average Bonchev–Trinajstić information content (AvgIpc) is 2.27. The highest BCUT2D eigenvalue weighted by Gasteiger charge is 2.49. The van der Waals surface area contributed by atoms with E-state index in [1.54, 1.807) is 6.92 Å². The van der Waals surface area contributed by atoms with Gasteiger partial charge in [-0.15, -0.1) is 0 Å². The number of ether oxygens (including phenoxy) is 1. The molecule has 1 rings (SSSR count). The monoisotopic (exact) mass is 259 g/mol. The molecule has 0 spiro atoms. The normalized spacial score (nSPS) is 15.3. The molecule has 0 amide bonds. The van der Waals surface area contributed by atoms with E-state index in [1.807, 2.05) is 30.3 Å². The smallest absolute Gasteiger partial charge is 0.364 e. The molecule has 0 aromatic heterocycles. The van der Waals surface area contributed by atoms with Crippen LogP contribution in [0.25, 0.3) is 0 Å². The van der Waals surface area contributed by atoms with Crippen LogP contribution in [0.5, 0.6) is 0 Å². The van der Waals surface area contributed by atoms with Gasteiger partial charge in [0.2, 0.25) is 0 Å². The first-order valence-corrected chi connectivity index (χ1v) is 7.84. The summed E-state index contributed by atoms with van der Waals surface area (Å²) in [7, 11) is 1.37. The standard InChI is InChI=1S/C10H11O2PS2/c1-10(13(14)15,9(11)12-2)8-6-4-3-5-7-8/h3-7H,1-2H3/p+1. The molecule has 15 heavy (non-hydrogen) atoms. The fourth-order valence-electron chi connectivity index (χ4n) is 1.27. The lowest BCUT2D eigenvalue weighted by Crippen LogP contribution is -2.29. The van der Waals surface area contributed by atoms with E-state index in [4.69, 9.17) is 16.5 Å². The molecule has 1 aromatic carbocycles. The van der Waals surface area contributed by atoms with Gasteiger partial charge < -0.3 is 4.74 Å². The van der Waals surface area contributed by atoms with Crippen molar-refractivity contribution in [1.82, 2.24) is 0 Å². The Morgan fingerprint density at radius 1 is 1.47 bits per heavy atom. The molecule has 2 unspecified atom stereocenters. The maximum absolute atomic E-state index is 11.8. The summed E-state index contributed by atoms with van der Waals surface area (Å²) < 4.78 is 4.79. The van der Waals surface area contributed by atoms with Crippen molar-refractivity contribution in [2.45, 2.75) is 12.1 Å². The summed E-state index contributed by atoms with van der Waals surface area (Å²) in [5, 5.41) is -0.816. The molecule has 0 aliphatic heterocycles. The molecule has 2 nitrogen and oxygen atoms in total. The third-order valence-corrected chi connectivity index (χ3v) is 5.80. The van der Waals surface area contributed by atoms with Crippen molar-refractivity contribution in [3.8, 4) is 0 Å². The Labute approximate surface area is 101 Å². The van der Waals surface area contributed by atoms with Crippen LogP contribution in [-0.4, -0.2) is 13.1 Å². The molecule has 0 saturated carbocycles. The van der Waals surface area contributed by atoms with Gasteiger partial charge in [-0.05, 0) is 6.92 Å². The van der Waals surface area contributed by atoms with Gasteiger partial charge in [-0.25, -0.2) is 4.79 Å². The number of carbonyl (C=O) groups excluding carboxylic acids is 1. The molecule has 5 heteroatoms. The van der Waals surface area contributed by atoms with Crippen molar-refractivity contribution in [2.24, 2.45) is 0 Å². The Hall–Kier alpha value is -0.440. The third kappa shape index (κ3) is 2.39. The van der Waals surface area contributed by atoms with Crippen LogP contribution in [0.15, 0.2) is 30.3 Å². The fraction of sp³-hybridized carbons (Fsp3) is 0.300. The maximum Gasteiger partial charge on any atom is 0.364 e. The lowest BCUT2D eigenvalue weighted by molar-refractivity contribution is -0.143. The summed E-state index contributed by atoms with van der Waals surface area (Å²) in [4.78, 5) is 11.8. The zero-order valence-electron chi connectivity index (χ0n) is 8.51. The largest absolute Gasteiger partial charge is 0.465 e. The van der Waals surface area contributed by atoms with E-state index >= 15 is 0 Å². The number of carbonyl (C=O) groups is 1. The molecule has 0 aliphatic carbocycles. The number of hydrogen-bond donors (Lipinski definition) is 1. The minimum absolute atomic E-state index is 0.329. The highest BCUT2D eigenvalue weighted by Crippen LogP contribution is 2.51. The van der Waals surface area contributed by atoms with Crippen LogP contribution in [0.1, 0.15) is 12.5 Å². The minimum atomic E-state index is -1.16. The summed E-state index contributed by atoms with van der Waals surface area (Å²) in [6, 6.07) is 9.38. The number of benzene rings is 1. The van der Waals surface area contributed by atoms with Crippen LogP contribution in [0.2, 0.25) is 0 Å². The molecule has 1 aromatic rings. The zero-order valence-corrected chi connectivity index (χ0v) is 11.1. The van der Waals surface area contributed by atoms with Crippen LogP contribution < -0.4 is 0 Å². The summed E-state index contributed by atoms with van der Waals surface area (Å²) in [6.45, 7) is 1.78. The highest BCUT2D eigenvalue weighted by atomic mass is 32.9. The Morgan fingerprint density at radius 2 is 2.00 bits per heavy atom. The molecule has 0 aliphatic rings. The van der Waals surface area contributed by atoms with Gasteiger partial charge >= 0.3 is 5.97 Å². The average molecular weight is 259 g/mol. The van der Waals surface area contributed by atoms with Gasteiger partial charge in [-0.2, -0.15) is 0 Å². The second kappa shape index (κ2) is 5.06. The number of hydrogen-bond acceptors (Lipinski definition) is 3. The van der Waals surface area contributed by atoms with Crippen molar-refractivity contribution in [2.75, 3.05) is 7.11 Å². The molecule has 0 heterocycles. The quantitative estimate of drug-likeness (QED) is 0.513. The van der Waals surface area contributed by atoms with Gasteiger partial charge in [0.25, 0.3) is 11.1 Å². The summed E-state index contributed by atoms with van der Waals surface area (Å²) in [5.41, 5.74) is 0.855. The maximum atomic E-state index is 11.8. The number of esters is 1. The molecule has 2 atom stereocenters. The van der Waals surface area contributed by atoms with E-state index in [2.05, 4.69) is 12.2 Å². The summed E-state index contributed by atoms with van der Waals surface area (Å²) >= 11 is 9.43. The number of thiol groups is 1. The van der Waals surface area contributed by atoms with Gasteiger partial charge in [0.15, 0.2) is 11.8 Å². The van der Waals surface area contributed by atoms with Gasteiger partial charge in [-0.3, -0.25) is 0 Å². The molecular weight excluding hydrogens is 247 g/mol. The Balaban J connectivity index is 3.25. The van der Waals surface area contributed by atoms with Gasteiger partial charge in [0.05, 0.1) is 19.4 Å². The first-order chi connectivity index (χ1) is 7.03. The zero-order chi connectivity index (χ0) is 11.5. The summed E-state index contributed by atoms with van der Waals surface area (Å²) in [6.07, 6.45) is 0. The van der Waals surface area contributed by atoms with E-state index in [0.717, 1.165) is 5.56 Å². The lowest BCUT2D eigenvalue weighted by Gasteiger charge is -2.16. The van der Waals surface area contributed by atoms with Crippen molar-refractivity contribution in [1.29, 1.82) is 0 Å². The van der Waals surface area contributed by atoms with E-state index < -0.39 is 11.1 Å². The second-order valence-corrected chi connectivity index (χ2v) is 7.75. The molecular formula is C10H12O2PS2+. The predicted octanol–water partition coefficient (Wildman–Crippen LogP) is 2.86. The fourth-order valence-corrected chi connectivity index (χ4v) is 3.02.